The van der Waals surface area contributed by atoms with Crippen LogP contribution in [-0.4, -0.2) is 36.6 Å². The van der Waals surface area contributed by atoms with E-state index in [9.17, 15) is 0 Å². The van der Waals surface area contributed by atoms with Crippen LogP contribution in [-0.2, 0) is 6.42 Å². The van der Waals surface area contributed by atoms with E-state index in [1.54, 1.807) is 0 Å². The molecule has 0 amide bonds. The molecule has 1 aliphatic rings. The minimum atomic E-state index is 0.274. The summed E-state index contributed by atoms with van der Waals surface area (Å²) in [5.41, 5.74) is 1.73. The highest BCUT2D eigenvalue weighted by Gasteiger charge is 2.29. The third kappa shape index (κ3) is 5.12. The van der Waals surface area contributed by atoms with Gasteiger partial charge in [0.25, 0.3) is 0 Å². The largest absolute Gasteiger partial charge is 0.316 e. The summed E-state index contributed by atoms with van der Waals surface area (Å²) in [5, 5.41) is 3.59. The predicted molar refractivity (Wildman–Crippen MR) is 91.6 cm³/mol. The molecular weight excluding hydrogens is 256 g/mol. The van der Waals surface area contributed by atoms with Gasteiger partial charge >= 0.3 is 0 Å². The number of benzene rings is 1. The molecule has 0 radical (unpaired) electrons. The molecule has 1 aromatic rings. The molecule has 0 bridgehead atoms. The van der Waals surface area contributed by atoms with Gasteiger partial charge < -0.3 is 5.32 Å². The summed E-state index contributed by atoms with van der Waals surface area (Å²) in [6.07, 6.45) is 2.40. The van der Waals surface area contributed by atoms with Crippen molar-refractivity contribution in [1.82, 2.24) is 10.2 Å². The summed E-state index contributed by atoms with van der Waals surface area (Å²) in [6, 6.07) is 10.9. The van der Waals surface area contributed by atoms with Gasteiger partial charge in [0.1, 0.15) is 0 Å². The fourth-order valence-electron chi connectivity index (χ4n) is 3.28. The van der Waals surface area contributed by atoms with Crippen LogP contribution in [0.25, 0.3) is 0 Å². The van der Waals surface area contributed by atoms with Crippen molar-refractivity contribution in [2.24, 2.45) is 11.8 Å². The predicted octanol–water partition coefficient (Wildman–Crippen LogP) is 3.58. The SMILES string of the molecule is CC1CNCC(C)CN(C(C)(C)CCc2ccccc2)C1. The van der Waals surface area contributed by atoms with Crippen LogP contribution >= 0.6 is 0 Å². The van der Waals surface area contributed by atoms with E-state index in [4.69, 9.17) is 0 Å². The van der Waals surface area contributed by atoms with Crippen molar-refractivity contribution in [2.45, 2.75) is 46.1 Å². The van der Waals surface area contributed by atoms with Crippen molar-refractivity contribution >= 4 is 0 Å². The van der Waals surface area contributed by atoms with Crippen molar-refractivity contribution in [3.8, 4) is 0 Å². The van der Waals surface area contributed by atoms with Gasteiger partial charge in [-0.1, -0.05) is 44.2 Å². The van der Waals surface area contributed by atoms with Crippen LogP contribution in [0.1, 0.15) is 39.7 Å². The van der Waals surface area contributed by atoms with Crippen molar-refractivity contribution in [3.63, 3.8) is 0 Å². The molecule has 2 rings (SSSR count). The molecule has 1 fully saturated rings. The fourth-order valence-corrected chi connectivity index (χ4v) is 3.28. The molecule has 2 heteroatoms. The summed E-state index contributed by atoms with van der Waals surface area (Å²) in [6.45, 7) is 14.3. The van der Waals surface area contributed by atoms with E-state index < -0.39 is 0 Å². The summed E-state index contributed by atoms with van der Waals surface area (Å²) >= 11 is 0. The number of hydrogen-bond acceptors (Lipinski definition) is 2. The molecule has 0 aliphatic carbocycles. The van der Waals surface area contributed by atoms with Gasteiger partial charge in [0.15, 0.2) is 0 Å². The highest BCUT2D eigenvalue weighted by molar-refractivity contribution is 5.15. The first-order chi connectivity index (χ1) is 9.97. The van der Waals surface area contributed by atoms with Gasteiger partial charge in [-0.3, -0.25) is 4.90 Å². The molecule has 0 aromatic heterocycles. The summed E-state index contributed by atoms with van der Waals surface area (Å²) in [7, 11) is 0. The van der Waals surface area contributed by atoms with Gasteiger partial charge in [-0.2, -0.15) is 0 Å². The van der Waals surface area contributed by atoms with E-state index in [1.165, 1.54) is 31.5 Å². The first-order valence-corrected chi connectivity index (χ1v) is 8.47. The maximum Gasteiger partial charge on any atom is 0.0156 e. The zero-order chi connectivity index (χ0) is 15.3. The van der Waals surface area contributed by atoms with E-state index in [2.05, 4.69) is 68.2 Å². The highest BCUT2D eigenvalue weighted by Crippen LogP contribution is 2.24. The minimum absolute atomic E-state index is 0.274. The third-order valence-corrected chi connectivity index (χ3v) is 4.77. The normalized spacial score (nSPS) is 25.3. The van der Waals surface area contributed by atoms with Crippen LogP contribution in [0.2, 0.25) is 0 Å². The average Bonchev–Trinajstić information content (AvgIpc) is 2.44. The van der Waals surface area contributed by atoms with E-state index in [1.807, 2.05) is 0 Å². The number of nitrogens with one attached hydrogen (secondary N) is 1. The molecule has 0 saturated carbocycles. The Balaban J connectivity index is 1.98. The van der Waals surface area contributed by atoms with E-state index in [0.717, 1.165) is 24.9 Å². The lowest BCUT2D eigenvalue weighted by atomic mass is 9.90. The van der Waals surface area contributed by atoms with Crippen molar-refractivity contribution < 1.29 is 0 Å². The Morgan fingerprint density at radius 2 is 1.62 bits per heavy atom. The quantitative estimate of drug-likeness (QED) is 0.911. The lowest BCUT2D eigenvalue weighted by molar-refractivity contribution is 0.0688. The molecular formula is C19H32N2. The third-order valence-electron chi connectivity index (χ3n) is 4.77. The lowest BCUT2D eigenvalue weighted by Gasteiger charge is -2.43. The first kappa shape index (κ1) is 16.5. The molecule has 2 unspecified atom stereocenters. The standard InChI is InChI=1S/C19H32N2/c1-16-12-20-13-17(2)15-21(14-16)19(3,4)11-10-18-8-6-5-7-9-18/h5-9,16-17,20H,10-15H2,1-4H3. The van der Waals surface area contributed by atoms with Gasteiger partial charge in [0.05, 0.1) is 0 Å². The van der Waals surface area contributed by atoms with Gasteiger partial charge in [-0.15, -0.1) is 0 Å². The van der Waals surface area contributed by atoms with E-state index in [-0.39, 0.29) is 5.54 Å². The second-order valence-electron chi connectivity index (χ2n) is 7.57. The van der Waals surface area contributed by atoms with Crippen LogP contribution in [0.4, 0.5) is 0 Å². The summed E-state index contributed by atoms with van der Waals surface area (Å²) in [5.74, 6) is 1.46. The molecule has 1 heterocycles. The van der Waals surface area contributed by atoms with Crippen LogP contribution < -0.4 is 5.32 Å². The molecule has 21 heavy (non-hydrogen) atoms. The Kier molecular flexibility index (Phi) is 5.83. The van der Waals surface area contributed by atoms with E-state index in [0.29, 0.717) is 0 Å². The lowest BCUT2D eigenvalue weighted by Crippen LogP contribution is -2.52. The smallest absolute Gasteiger partial charge is 0.0156 e. The Morgan fingerprint density at radius 1 is 1.05 bits per heavy atom. The van der Waals surface area contributed by atoms with Gasteiger partial charge in [0.2, 0.25) is 0 Å². The number of aryl methyl sites for hydroxylation is 1. The number of hydrogen-bond donors (Lipinski definition) is 1. The van der Waals surface area contributed by atoms with Crippen LogP contribution in [0.3, 0.4) is 0 Å². The first-order valence-electron chi connectivity index (χ1n) is 8.47. The van der Waals surface area contributed by atoms with Gasteiger partial charge in [-0.05, 0) is 57.2 Å². The monoisotopic (exact) mass is 288 g/mol. The zero-order valence-corrected chi connectivity index (χ0v) is 14.2. The summed E-state index contributed by atoms with van der Waals surface area (Å²) < 4.78 is 0. The minimum Gasteiger partial charge on any atom is -0.316 e. The van der Waals surface area contributed by atoms with Crippen LogP contribution in [0, 0.1) is 11.8 Å². The Hall–Kier alpha value is -0.860. The number of nitrogens with zero attached hydrogens (tertiary/aromatic N) is 1. The molecule has 0 spiro atoms. The Morgan fingerprint density at radius 3 is 2.19 bits per heavy atom. The zero-order valence-electron chi connectivity index (χ0n) is 14.2. The van der Waals surface area contributed by atoms with Crippen molar-refractivity contribution in [1.29, 1.82) is 0 Å². The molecule has 1 saturated heterocycles. The number of rotatable bonds is 4. The molecule has 2 nitrogen and oxygen atoms in total. The highest BCUT2D eigenvalue weighted by atomic mass is 15.2. The molecule has 1 aliphatic heterocycles. The topological polar surface area (TPSA) is 15.3 Å². The fraction of sp³-hybridized carbons (Fsp3) is 0.684. The van der Waals surface area contributed by atoms with Crippen LogP contribution in [0.15, 0.2) is 30.3 Å². The molecule has 1 aromatic carbocycles. The Bertz CT molecular complexity index is 401. The molecule has 118 valence electrons. The summed E-state index contributed by atoms with van der Waals surface area (Å²) in [4.78, 5) is 2.73. The van der Waals surface area contributed by atoms with Crippen molar-refractivity contribution in [3.05, 3.63) is 35.9 Å². The second-order valence-corrected chi connectivity index (χ2v) is 7.57. The van der Waals surface area contributed by atoms with Crippen molar-refractivity contribution in [2.75, 3.05) is 26.2 Å². The maximum absolute atomic E-state index is 3.59. The molecule has 1 N–H and O–H groups in total. The van der Waals surface area contributed by atoms with Gasteiger partial charge in [-0.25, -0.2) is 0 Å². The maximum atomic E-state index is 3.59. The molecule has 2 atom stereocenters. The second kappa shape index (κ2) is 7.42. The van der Waals surface area contributed by atoms with Crippen LogP contribution in [0.5, 0.6) is 0 Å². The average molecular weight is 288 g/mol. The van der Waals surface area contributed by atoms with E-state index >= 15 is 0 Å². The Labute approximate surface area is 130 Å². The van der Waals surface area contributed by atoms with Gasteiger partial charge in [0, 0.05) is 18.6 Å².